The fraction of sp³-hybridized carbons (Fsp3) is 0. The molecule has 0 fully saturated rings. The number of halogens is 4. The Balaban J connectivity index is 2.31. The van der Waals surface area contributed by atoms with E-state index in [-0.39, 0.29) is 21.5 Å². The van der Waals surface area contributed by atoms with E-state index in [0.717, 1.165) is 16.8 Å². The maximum atomic E-state index is 14.0. The maximum absolute atomic E-state index is 14.0. The molecule has 0 spiro atoms. The van der Waals surface area contributed by atoms with Crippen molar-refractivity contribution in [1.82, 2.24) is 9.78 Å². The van der Waals surface area contributed by atoms with Gasteiger partial charge in [-0.05, 0) is 40.2 Å². The lowest BCUT2D eigenvalue weighted by Crippen LogP contribution is -2.00. The first-order valence-electron chi connectivity index (χ1n) is 6.47. The molecule has 3 rings (SSSR count). The summed E-state index contributed by atoms with van der Waals surface area (Å²) in [4.78, 5) is 11.4. The summed E-state index contributed by atoms with van der Waals surface area (Å²) < 4.78 is 43.1. The third kappa shape index (κ3) is 2.57. The minimum atomic E-state index is -0.862. The number of benzene rings is 2. The van der Waals surface area contributed by atoms with Gasteiger partial charge in [-0.25, -0.2) is 17.9 Å². The second-order valence-corrected chi connectivity index (χ2v) is 5.38. The zero-order valence-corrected chi connectivity index (χ0v) is 13.0. The van der Waals surface area contributed by atoms with E-state index >= 15 is 0 Å². The molecule has 116 valence electrons. The SMILES string of the molecule is O=Cc1c(-c2c(F)cccc2F)nn(-c2ccccc2F)c1Br. The lowest BCUT2D eigenvalue weighted by molar-refractivity contribution is 0.112. The molecular weight excluding hydrogens is 373 g/mol. The molecule has 1 aromatic heterocycles. The fourth-order valence-electron chi connectivity index (χ4n) is 2.21. The van der Waals surface area contributed by atoms with Crippen LogP contribution < -0.4 is 0 Å². The van der Waals surface area contributed by atoms with Gasteiger partial charge < -0.3 is 0 Å². The van der Waals surface area contributed by atoms with E-state index in [4.69, 9.17) is 0 Å². The smallest absolute Gasteiger partial charge is 0.155 e. The molecule has 1 heterocycles. The Labute approximate surface area is 137 Å². The van der Waals surface area contributed by atoms with E-state index in [0.29, 0.717) is 6.29 Å². The fourth-order valence-corrected chi connectivity index (χ4v) is 2.76. The summed E-state index contributed by atoms with van der Waals surface area (Å²) >= 11 is 3.14. The van der Waals surface area contributed by atoms with E-state index in [1.807, 2.05) is 0 Å². The van der Waals surface area contributed by atoms with E-state index in [1.54, 1.807) is 6.07 Å². The average molecular weight is 381 g/mol. The molecule has 3 nitrogen and oxygen atoms in total. The average Bonchev–Trinajstić information content (AvgIpc) is 2.84. The van der Waals surface area contributed by atoms with Crippen LogP contribution in [0.3, 0.4) is 0 Å². The molecule has 0 atom stereocenters. The number of aldehydes is 1. The van der Waals surface area contributed by atoms with E-state index in [1.165, 1.54) is 24.3 Å². The second-order valence-electron chi connectivity index (χ2n) is 4.63. The van der Waals surface area contributed by atoms with Crippen molar-refractivity contribution in [2.75, 3.05) is 0 Å². The molecule has 0 N–H and O–H groups in total. The third-order valence-electron chi connectivity index (χ3n) is 3.26. The van der Waals surface area contributed by atoms with E-state index < -0.39 is 23.0 Å². The quantitative estimate of drug-likeness (QED) is 0.625. The number of carbonyl (C=O) groups is 1. The van der Waals surface area contributed by atoms with Crippen molar-refractivity contribution in [1.29, 1.82) is 0 Å². The second kappa shape index (κ2) is 6.00. The summed E-state index contributed by atoms with van der Waals surface area (Å²) in [6.07, 6.45) is 0.412. The Morgan fingerprint density at radius 2 is 1.57 bits per heavy atom. The zero-order chi connectivity index (χ0) is 16.6. The van der Waals surface area contributed by atoms with Crippen LogP contribution in [0.15, 0.2) is 47.1 Å². The normalized spacial score (nSPS) is 10.8. The van der Waals surface area contributed by atoms with Crippen molar-refractivity contribution in [2.24, 2.45) is 0 Å². The Kier molecular flexibility index (Phi) is 4.04. The number of carbonyl (C=O) groups excluding carboxylic acids is 1. The number of nitrogens with zero attached hydrogens (tertiary/aromatic N) is 2. The summed E-state index contributed by atoms with van der Waals surface area (Å²) in [6.45, 7) is 0. The first-order valence-corrected chi connectivity index (χ1v) is 7.27. The predicted octanol–water partition coefficient (Wildman–Crippen LogP) is 4.53. The highest BCUT2D eigenvalue weighted by atomic mass is 79.9. The van der Waals surface area contributed by atoms with Crippen molar-refractivity contribution in [3.05, 3.63) is 70.1 Å². The van der Waals surface area contributed by atoms with Crippen LogP contribution in [0.25, 0.3) is 16.9 Å². The van der Waals surface area contributed by atoms with Gasteiger partial charge in [0, 0.05) is 0 Å². The zero-order valence-electron chi connectivity index (χ0n) is 11.4. The molecule has 0 radical (unpaired) electrons. The molecule has 0 unspecified atom stereocenters. The number of para-hydroxylation sites is 1. The van der Waals surface area contributed by atoms with Crippen molar-refractivity contribution in [3.63, 3.8) is 0 Å². The molecule has 0 bridgehead atoms. The predicted molar refractivity (Wildman–Crippen MR) is 82.0 cm³/mol. The van der Waals surface area contributed by atoms with Gasteiger partial charge in [-0.2, -0.15) is 5.10 Å². The van der Waals surface area contributed by atoms with Gasteiger partial charge in [0.05, 0.1) is 11.1 Å². The largest absolute Gasteiger partial charge is 0.298 e. The highest BCUT2D eigenvalue weighted by Crippen LogP contribution is 2.33. The molecule has 0 saturated heterocycles. The third-order valence-corrected chi connectivity index (χ3v) is 4.02. The lowest BCUT2D eigenvalue weighted by Gasteiger charge is -2.04. The van der Waals surface area contributed by atoms with Gasteiger partial charge in [-0.1, -0.05) is 18.2 Å². The van der Waals surface area contributed by atoms with Gasteiger partial charge in [0.15, 0.2) is 6.29 Å². The first-order chi connectivity index (χ1) is 11.0. The Morgan fingerprint density at radius 3 is 2.17 bits per heavy atom. The molecule has 7 heteroatoms. The van der Waals surface area contributed by atoms with Gasteiger partial charge in [0.2, 0.25) is 0 Å². The summed E-state index contributed by atoms with van der Waals surface area (Å²) in [5.74, 6) is -2.31. The van der Waals surface area contributed by atoms with E-state index in [9.17, 15) is 18.0 Å². The molecule has 3 aromatic rings. The molecule has 23 heavy (non-hydrogen) atoms. The molecular formula is C16H8BrF3N2O. The van der Waals surface area contributed by atoms with Crippen molar-refractivity contribution >= 4 is 22.2 Å². The minimum Gasteiger partial charge on any atom is -0.298 e. The highest BCUT2D eigenvalue weighted by molar-refractivity contribution is 9.10. The van der Waals surface area contributed by atoms with Crippen LogP contribution in [-0.4, -0.2) is 16.1 Å². The van der Waals surface area contributed by atoms with Crippen molar-refractivity contribution < 1.29 is 18.0 Å². The van der Waals surface area contributed by atoms with Crippen LogP contribution in [0.4, 0.5) is 13.2 Å². The summed E-state index contributed by atoms with van der Waals surface area (Å²) in [6, 6.07) is 9.05. The summed E-state index contributed by atoms with van der Waals surface area (Å²) in [5.41, 5.74) is -0.668. The van der Waals surface area contributed by atoms with Gasteiger partial charge in [-0.15, -0.1) is 0 Å². The number of hydrogen-bond acceptors (Lipinski definition) is 2. The topological polar surface area (TPSA) is 34.9 Å². The minimum absolute atomic E-state index is 0.0467. The lowest BCUT2D eigenvalue weighted by atomic mass is 10.1. The molecule has 0 aliphatic heterocycles. The van der Waals surface area contributed by atoms with Crippen LogP contribution in [0.1, 0.15) is 10.4 Å². The van der Waals surface area contributed by atoms with Gasteiger partial charge >= 0.3 is 0 Å². The molecule has 0 saturated carbocycles. The number of hydrogen-bond donors (Lipinski definition) is 0. The van der Waals surface area contributed by atoms with Crippen LogP contribution in [-0.2, 0) is 0 Å². The highest BCUT2D eigenvalue weighted by Gasteiger charge is 2.23. The molecule has 2 aromatic carbocycles. The summed E-state index contributed by atoms with van der Waals surface area (Å²) in [5, 5.41) is 4.02. The Morgan fingerprint density at radius 1 is 0.957 bits per heavy atom. The van der Waals surface area contributed by atoms with Gasteiger partial charge in [0.1, 0.15) is 33.4 Å². The van der Waals surface area contributed by atoms with E-state index in [2.05, 4.69) is 21.0 Å². The number of rotatable bonds is 3. The van der Waals surface area contributed by atoms with Crippen LogP contribution in [0.2, 0.25) is 0 Å². The van der Waals surface area contributed by atoms with Crippen LogP contribution >= 0.6 is 15.9 Å². The van der Waals surface area contributed by atoms with Crippen LogP contribution in [0, 0.1) is 17.5 Å². The molecule has 0 amide bonds. The monoisotopic (exact) mass is 380 g/mol. The first kappa shape index (κ1) is 15.5. The Bertz CT molecular complexity index is 888. The van der Waals surface area contributed by atoms with Crippen molar-refractivity contribution in [3.8, 4) is 16.9 Å². The van der Waals surface area contributed by atoms with Crippen molar-refractivity contribution in [2.45, 2.75) is 0 Å². The Hall–Kier alpha value is -2.41. The standard InChI is InChI=1S/C16H8BrF3N2O/c17-16-9(8-23)15(14-11(19)5-3-6-12(14)20)21-22(16)13-7-2-1-4-10(13)18/h1-8H. The summed E-state index contributed by atoms with van der Waals surface area (Å²) in [7, 11) is 0. The van der Waals surface area contributed by atoms with Gasteiger partial charge in [-0.3, -0.25) is 4.79 Å². The van der Waals surface area contributed by atoms with Crippen LogP contribution in [0.5, 0.6) is 0 Å². The maximum Gasteiger partial charge on any atom is 0.155 e. The van der Waals surface area contributed by atoms with Gasteiger partial charge in [0.25, 0.3) is 0 Å². The number of aromatic nitrogens is 2. The molecule has 0 aliphatic carbocycles. The molecule has 0 aliphatic rings.